The van der Waals surface area contributed by atoms with E-state index in [0.717, 1.165) is 17.5 Å². The molecule has 6 heteroatoms. The van der Waals surface area contributed by atoms with Crippen molar-refractivity contribution in [3.8, 4) is 0 Å². The summed E-state index contributed by atoms with van der Waals surface area (Å²) in [6.45, 7) is 20.1. The van der Waals surface area contributed by atoms with Gasteiger partial charge in [0.15, 0.2) is 8.32 Å². The second kappa shape index (κ2) is 9.70. The number of amides is 1. The van der Waals surface area contributed by atoms with E-state index < -0.39 is 13.7 Å². The Morgan fingerprint density at radius 1 is 1.21 bits per heavy atom. The van der Waals surface area contributed by atoms with Crippen molar-refractivity contribution in [2.75, 3.05) is 18.5 Å². The first-order valence-electron chi connectivity index (χ1n) is 10.0. The van der Waals surface area contributed by atoms with Gasteiger partial charge in [-0.05, 0) is 54.7 Å². The van der Waals surface area contributed by atoms with Gasteiger partial charge in [0.1, 0.15) is 5.82 Å². The molecular weight excluding hydrogens is 368 g/mol. The number of ether oxygens (including phenoxy) is 1. The third-order valence-corrected chi connectivity index (χ3v) is 9.64. The molecule has 0 bridgehead atoms. The molecule has 5 nitrogen and oxygen atoms in total. The molecule has 1 N–H and O–H groups in total. The summed E-state index contributed by atoms with van der Waals surface area (Å²) in [6.07, 6.45) is 6.12. The van der Waals surface area contributed by atoms with Crippen molar-refractivity contribution in [2.24, 2.45) is 5.41 Å². The summed E-state index contributed by atoms with van der Waals surface area (Å²) in [6, 6.07) is 1.93. The fourth-order valence-corrected chi connectivity index (χ4v) is 3.14. The third kappa shape index (κ3) is 7.39. The van der Waals surface area contributed by atoms with Crippen LogP contribution in [0.1, 0.15) is 59.6 Å². The molecule has 0 aliphatic carbocycles. The Balaban J connectivity index is 3.00. The molecule has 28 heavy (non-hydrogen) atoms. The first-order chi connectivity index (χ1) is 12.8. The summed E-state index contributed by atoms with van der Waals surface area (Å²) in [4.78, 5) is 16.7. The monoisotopic (exact) mass is 406 g/mol. The highest BCUT2D eigenvalue weighted by Gasteiger charge is 2.36. The molecule has 1 rings (SSSR count). The van der Waals surface area contributed by atoms with Gasteiger partial charge in [-0.1, -0.05) is 41.5 Å². The van der Waals surface area contributed by atoms with Gasteiger partial charge >= 0.3 is 0 Å². The Morgan fingerprint density at radius 2 is 1.86 bits per heavy atom. The summed E-state index contributed by atoms with van der Waals surface area (Å²) >= 11 is 0. The van der Waals surface area contributed by atoms with Crippen molar-refractivity contribution < 1.29 is 14.0 Å². The Labute approximate surface area is 172 Å². The van der Waals surface area contributed by atoms with E-state index in [0.29, 0.717) is 19.0 Å². The number of carbonyl (C=O) groups is 1. The van der Waals surface area contributed by atoms with E-state index in [1.54, 1.807) is 12.5 Å². The summed E-state index contributed by atoms with van der Waals surface area (Å²) in [5.74, 6) is 0.511. The van der Waals surface area contributed by atoms with Crippen LogP contribution in [0.3, 0.4) is 0 Å². The quantitative estimate of drug-likeness (QED) is 0.448. The molecule has 0 unspecified atom stereocenters. The van der Waals surface area contributed by atoms with E-state index in [4.69, 9.17) is 9.16 Å². The molecule has 0 aromatic carbocycles. The van der Waals surface area contributed by atoms with Crippen molar-refractivity contribution in [3.63, 3.8) is 0 Å². The van der Waals surface area contributed by atoms with E-state index in [9.17, 15) is 4.79 Å². The van der Waals surface area contributed by atoms with Crippen LogP contribution in [-0.2, 0) is 20.4 Å². The average molecular weight is 407 g/mol. The predicted octanol–water partition coefficient (Wildman–Crippen LogP) is 5.64. The number of nitrogens with one attached hydrogen (secondary N) is 1. The molecule has 0 fully saturated rings. The molecule has 0 aliphatic heterocycles. The van der Waals surface area contributed by atoms with E-state index in [1.807, 2.05) is 39.8 Å². The number of rotatable bonds is 8. The standard InChI is InChI=1S/C22H38N2O3Si/c1-10-26-13-11-18-16-23-19(24-20(25)21(2,3)4)15-17(18)12-14-27-28(8,9)22(5,6)7/h11,13,15-16H,10,12,14H2,1-9H3,(H,23,24,25). The van der Waals surface area contributed by atoms with Crippen LogP contribution >= 0.6 is 0 Å². The minimum atomic E-state index is -1.80. The third-order valence-electron chi connectivity index (χ3n) is 5.10. The minimum Gasteiger partial charge on any atom is -0.501 e. The van der Waals surface area contributed by atoms with E-state index in [-0.39, 0.29) is 10.9 Å². The van der Waals surface area contributed by atoms with Crippen molar-refractivity contribution in [2.45, 2.75) is 73.0 Å². The number of nitrogens with zero attached hydrogens (tertiary/aromatic N) is 1. The highest BCUT2D eigenvalue weighted by atomic mass is 28.4. The molecule has 158 valence electrons. The summed E-state index contributed by atoms with van der Waals surface area (Å²) in [5.41, 5.74) is 1.58. The largest absolute Gasteiger partial charge is 0.501 e. The summed E-state index contributed by atoms with van der Waals surface area (Å²) in [7, 11) is -1.80. The maximum Gasteiger partial charge on any atom is 0.230 e. The van der Waals surface area contributed by atoms with Gasteiger partial charge in [-0.25, -0.2) is 4.98 Å². The molecule has 1 aromatic heterocycles. The number of hydrogen-bond acceptors (Lipinski definition) is 4. The molecule has 0 atom stereocenters. The van der Waals surface area contributed by atoms with Crippen LogP contribution in [-0.4, -0.2) is 32.4 Å². The molecule has 0 aliphatic rings. The summed E-state index contributed by atoms with van der Waals surface area (Å²) < 4.78 is 11.7. The zero-order chi connectivity index (χ0) is 21.6. The topological polar surface area (TPSA) is 60.5 Å². The normalized spacial score (nSPS) is 13.0. The predicted molar refractivity (Wildman–Crippen MR) is 120 cm³/mol. The number of carbonyl (C=O) groups excluding carboxylic acids is 1. The van der Waals surface area contributed by atoms with Gasteiger partial charge in [-0.2, -0.15) is 0 Å². The van der Waals surface area contributed by atoms with Crippen molar-refractivity contribution in [1.82, 2.24) is 4.98 Å². The molecule has 0 saturated heterocycles. The van der Waals surface area contributed by atoms with Crippen LogP contribution < -0.4 is 5.32 Å². The Morgan fingerprint density at radius 3 is 2.39 bits per heavy atom. The van der Waals surface area contributed by atoms with Crippen LogP contribution in [0.15, 0.2) is 18.5 Å². The average Bonchev–Trinajstić information content (AvgIpc) is 2.54. The Kier molecular flexibility index (Phi) is 8.44. The van der Waals surface area contributed by atoms with Gasteiger partial charge in [0.05, 0.1) is 12.9 Å². The van der Waals surface area contributed by atoms with Crippen LogP contribution in [0.25, 0.3) is 6.08 Å². The highest BCUT2D eigenvalue weighted by Crippen LogP contribution is 2.36. The molecular formula is C22H38N2O3Si. The maximum absolute atomic E-state index is 12.3. The smallest absolute Gasteiger partial charge is 0.230 e. The van der Waals surface area contributed by atoms with Gasteiger partial charge in [0, 0.05) is 18.2 Å². The fraction of sp³-hybridized carbons (Fsp3) is 0.636. The second-order valence-corrected chi connectivity index (χ2v) is 14.4. The molecule has 1 amide bonds. The van der Waals surface area contributed by atoms with Crippen molar-refractivity contribution in [3.05, 3.63) is 29.7 Å². The lowest BCUT2D eigenvalue weighted by molar-refractivity contribution is -0.123. The Bertz CT molecular complexity index is 686. The number of anilines is 1. The lowest BCUT2D eigenvalue weighted by atomic mass is 9.96. The van der Waals surface area contributed by atoms with E-state index in [1.165, 1.54) is 0 Å². The van der Waals surface area contributed by atoms with Crippen LogP contribution in [0.2, 0.25) is 18.1 Å². The van der Waals surface area contributed by atoms with Crippen LogP contribution in [0.5, 0.6) is 0 Å². The van der Waals surface area contributed by atoms with Crippen LogP contribution in [0.4, 0.5) is 5.82 Å². The van der Waals surface area contributed by atoms with Gasteiger partial charge in [-0.3, -0.25) is 4.79 Å². The van der Waals surface area contributed by atoms with Gasteiger partial charge in [0.25, 0.3) is 0 Å². The summed E-state index contributed by atoms with van der Waals surface area (Å²) in [5, 5.41) is 3.09. The molecule has 0 spiro atoms. The molecule has 0 saturated carbocycles. The molecule has 0 radical (unpaired) electrons. The Hall–Kier alpha value is -1.66. The SMILES string of the molecule is CCOC=Cc1cnc(NC(=O)C(C)(C)C)cc1CCO[Si](C)(C)C(C)(C)C. The van der Waals surface area contributed by atoms with E-state index in [2.05, 4.69) is 44.2 Å². The number of hydrogen-bond donors (Lipinski definition) is 1. The fourth-order valence-electron chi connectivity index (χ4n) is 2.10. The first kappa shape index (κ1) is 24.4. The van der Waals surface area contributed by atoms with Gasteiger partial charge < -0.3 is 14.5 Å². The van der Waals surface area contributed by atoms with Crippen molar-refractivity contribution in [1.29, 1.82) is 0 Å². The minimum absolute atomic E-state index is 0.0546. The zero-order valence-electron chi connectivity index (χ0n) is 19.1. The van der Waals surface area contributed by atoms with Crippen molar-refractivity contribution >= 4 is 26.1 Å². The van der Waals surface area contributed by atoms with Gasteiger partial charge in [-0.15, -0.1) is 0 Å². The maximum atomic E-state index is 12.3. The second-order valence-electron chi connectivity index (χ2n) is 9.59. The number of aromatic nitrogens is 1. The highest BCUT2D eigenvalue weighted by molar-refractivity contribution is 6.74. The van der Waals surface area contributed by atoms with Crippen LogP contribution in [0, 0.1) is 5.41 Å². The number of pyridine rings is 1. The zero-order valence-corrected chi connectivity index (χ0v) is 20.1. The lowest BCUT2D eigenvalue weighted by Crippen LogP contribution is -2.41. The first-order valence-corrected chi connectivity index (χ1v) is 12.9. The lowest BCUT2D eigenvalue weighted by Gasteiger charge is -2.36. The molecule has 1 heterocycles. The molecule has 1 aromatic rings. The van der Waals surface area contributed by atoms with Gasteiger partial charge in [0.2, 0.25) is 5.91 Å². The van der Waals surface area contributed by atoms with E-state index >= 15 is 0 Å².